The summed E-state index contributed by atoms with van der Waals surface area (Å²) in [5.74, 6) is 1.33. The van der Waals surface area contributed by atoms with E-state index in [-0.39, 0.29) is 5.54 Å². The minimum absolute atomic E-state index is 0.0533. The molecule has 0 aromatic heterocycles. The molecule has 0 aliphatic rings. The van der Waals surface area contributed by atoms with Gasteiger partial charge in [-0.15, -0.1) is 0 Å². The van der Waals surface area contributed by atoms with Gasteiger partial charge in [0, 0.05) is 30.1 Å². The molecule has 0 unspecified atom stereocenters. The summed E-state index contributed by atoms with van der Waals surface area (Å²) >= 11 is 8.57. The van der Waals surface area contributed by atoms with Crippen molar-refractivity contribution in [3.63, 3.8) is 0 Å². The first-order valence-electron chi connectivity index (χ1n) is 5.04. The minimum atomic E-state index is -0.471. The zero-order chi connectivity index (χ0) is 11.9. The van der Waals surface area contributed by atoms with Crippen molar-refractivity contribution in [2.75, 3.05) is 38.7 Å². The van der Waals surface area contributed by atoms with Gasteiger partial charge >= 0.3 is 0 Å². The van der Waals surface area contributed by atoms with Gasteiger partial charge in [0.05, 0.1) is 5.66 Å². The van der Waals surface area contributed by atoms with Crippen LogP contribution in [0.1, 0.15) is 6.92 Å². The van der Waals surface area contributed by atoms with E-state index in [0.717, 1.165) is 12.3 Å². The van der Waals surface area contributed by atoms with Crippen molar-refractivity contribution < 1.29 is 0 Å². The van der Waals surface area contributed by atoms with Crippen LogP contribution in [0.25, 0.3) is 0 Å². The largest absolute Gasteiger partial charge is 0.318 e. The molecule has 0 radical (unpaired) electrons. The van der Waals surface area contributed by atoms with Crippen molar-refractivity contribution >= 4 is 25.3 Å². The fourth-order valence-electron chi connectivity index (χ4n) is 1.16. The Balaban J connectivity index is 4.20. The molecule has 2 atom stereocenters. The Kier molecular flexibility index (Phi) is 7.23. The van der Waals surface area contributed by atoms with E-state index in [9.17, 15) is 0 Å². The molecule has 15 heavy (non-hydrogen) atoms. The minimum Gasteiger partial charge on any atom is -0.318 e. The topological polar surface area (TPSA) is 62.1 Å². The highest BCUT2D eigenvalue weighted by Gasteiger charge is 2.27. The molecule has 4 nitrogen and oxygen atoms in total. The number of hydrogen-bond acceptors (Lipinski definition) is 6. The predicted molar refractivity (Wildman–Crippen MR) is 74.0 cm³/mol. The molecule has 0 spiro atoms. The third kappa shape index (κ3) is 5.42. The lowest BCUT2D eigenvalue weighted by Crippen LogP contribution is -2.64. The number of hydrogen-bond donors (Lipinski definition) is 6. The molecule has 0 fully saturated rings. The molecule has 0 aromatic carbocycles. The fraction of sp³-hybridized carbons (Fsp3) is 1.00. The van der Waals surface area contributed by atoms with Crippen molar-refractivity contribution in [2.24, 2.45) is 5.73 Å². The first-order valence-corrected chi connectivity index (χ1v) is 6.31. The SMILES string of the molecule is CNC[C@](C)(CS)NC[C@](N)(CS)NC. The monoisotopic (exact) mass is 252 g/mol. The van der Waals surface area contributed by atoms with Gasteiger partial charge in [-0.2, -0.15) is 25.3 Å². The maximum Gasteiger partial charge on any atom is 0.0878 e. The molecule has 6 heteroatoms. The molecule has 0 aliphatic carbocycles. The smallest absolute Gasteiger partial charge is 0.0878 e. The Morgan fingerprint density at radius 3 is 2.07 bits per heavy atom. The van der Waals surface area contributed by atoms with Gasteiger partial charge in [-0.1, -0.05) is 0 Å². The fourth-order valence-corrected chi connectivity index (χ4v) is 1.65. The summed E-state index contributed by atoms with van der Waals surface area (Å²) in [6, 6.07) is 0. The Hall–Kier alpha value is 0.540. The summed E-state index contributed by atoms with van der Waals surface area (Å²) in [5, 5.41) is 9.61. The first-order chi connectivity index (χ1) is 6.95. The average molecular weight is 252 g/mol. The second kappa shape index (κ2) is 6.98. The number of likely N-dealkylation sites (N-methyl/N-ethyl adjacent to an activating group) is 2. The maximum atomic E-state index is 6.06. The van der Waals surface area contributed by atoms with E-state index in [4.69, 9.17) is 5.73 Å². The van der Waals surface area contributed by atoms with Gasteiger partial charge in [0.15, 0.2) is 0 Å². The number of nitrogens with two attached hydrogens (primary N) is 1. The molecular weight excluding hydrogens is 228 g/mol. The molecule has 0 aliphatic heterocycles. The number of thiol groups is 2. The summed E-state index contributed by atoms with van der Waals surface area (Å²) < 4.78 is 0. The molecule has 0 rings (SSSR count). The molecule has 0 heterocycles. The van der Waals surface area contributed by atoms with Crippen molar-refractivity contribution in [1.82, 2.24) is 16.0 Å². The van der Waals surface area contributed by atoms with Crippen LogP contribution in [0.4, 0.5) is 0 Å². The molecule has 92 valence electrons. The highest BCUT2D eigenvalue weighted by molar-refractivity contribution is 7.80. The van der Waals surface area contributed by atoms with Crippen LogP contribution in [-0.2, 0) is 0 Å². The molecule has 0 amide bonds. The lowest BCUT2D eigenvalue weighted by molar-refractivity contribution is 0.306. The van der Waals surface area contributed by atoms with Crippen molar-refractivity contribution in [1.29, 1.82) is 0 Å². The van der Waals surface area contributed by atoms with Gasteiger partial charge in [-0.3, -0.25) is 0 Å². The van der Waals surface area contributed by atoms with Crippen LogP contribution < -0.4 is 21.7 Å². The van der Waals surface area contributed by atoms with Gasteiger partial charge < -0.3 is 21.7 Å². The van der Waals surface area contributed by atoms with Crippen molar-refractivity contribution in [3.8, 4) is 0 Å². The summed E-state index contributed by atoms with van der Waals surface area (Å²) in [5.41, 5.74) is 5.53. The van der Waals surface area contributed by atoms with Crippen LogP contribution in [0.5, 0.6) is 0 Å². The van der Waals surface area contributed by atoms with Gasteiger partial charge in [0.1, 0.15) is 0 Å². The third-order valence-corrected chi connectivity index (χ3v) is 3.79. The van der Waals surface area contributed by atoms with Crippen LogP contribution in [-0.4, -0.2) is 49.9 Å². The lowest BCUT2D eigenvalue weighted by atomic mass is 10.0. The summed E-state index contributed by atoms with van der Waals surface area (Å²) in [6.45, 7) is 3.62. The van der Waals surface area contributed by atoms with Crippen LogP contribution in [0.3, 0.4) is 0 Å². The molecule has 5 N–H and O–H groups in total. The van der Waals surface area contributed by atoms with Crippen LogP contribution in [0.15, 0.2) is 0 Å². The predicted octanol–water partition coefficient (Wildman–Crippen LogP) is -0.712. The standard InChI is InChI=1S/C9H24N4S2/c1-8(6-14,4-11-2)13-5-9(10,7-15)12-3/h11-15H,4-7,10H2,1-3H3/t8-,9-/m1/s1. The van der Waals surface area contributed by atoms with E-state index >= 15 is 0 Å². The van der Waals surface area contributed by atoms with Gasteiger partial charge in [0.25, 0.3) is 0 Å². The maximum absolute atomic E-state index is 6.06. The van der Waals surface area contributed by atoms with E-state index in [1.54, 1.807) is 0 Å². The number of rotatable bonds is 8. The summed E-state index contributed by atoms with van der Waals surface area (Å²) in [7, 11) is 3.77. The van der Waals surface area contributed by atoms with Crippen LogP contribution in [0.2, 0.25) is 0 Å². The van der Waals surface area contributed by atoms with E-state index in [1.807, 2.05) is 14.1 Å². The summed E-state index contributed by atoms with van der Waals surface area (Å²) in [6.07, 6.45) is 0. The Morgan fingerprint density at radius 2 is 1.73 bits per heavy atom. The highest BCUT2D eigenvalue weighted by Crippen LogP contribution is 2.06. The van der Waals surface area contributed by atoms with Gasteiger partial charge in [-0.05, 0) is 21.0 Å². The number of nitrogens with one attached hydrogen (secondary N) is 3. The first kappa shape index (κ1) is 15.5. The van der Waals surface area contributed by atoms with E-state index in [1.165, 1.54) is 0 Å². The quantitative estimate of drug-likeness (QED) is 0.255. The van der Waals surface area contributed by atoms with Crippen LogP contribution >= 0.6 is 25.3 Å². The van der Waals surface area contributed by atoms with E-state index in [0.29, 0.717) is 12.3 Å². The van der Waals surface area contributed by atoms with Gasteiger partial charge in [-0.25, -0.2) is 0 Å². The third-order valence-electron chi connectivity index (χ3n) is 2.53. The Bertz CT molecular complexity index is 175. The van der Waals surface area contributed by atoms with Crippen molar-refractivity contribution in [3.05, 3.63) is 0 Å². The van der Waals surface area contributed by atoms with E-state index < -0.39 is 5.66 Å². The second-order valence-corrected chi connectivity index (χ2v) is 4.80. The van der Waals surface area contributed by atoms with Crippen molar-refractivity contribution in [2.45, 2.75) is 18.1 Å². The molecular formula is C9H24N4S2. The van der Waals surface area contributed by atoms with E-state index in [2.05, 4.69) is 48.1 Å². The average Bonchev–Trinajstić information content (AvgIpc) is 2.26. The highest BCUT2D eigenvalue weighted by atomic mass is 32.1. The second-order valence-electron chi connectivity index (χ2n) is 4.17. The van der Waals surface area contributed by atoms with Crippen LogP contribution in [0, 0.1) is 0 Å². The molecule has 0 aromatic rings. The molecule has 0 bridgehead atoms. The lowest BCUT2D eigenvalue weighted by Gasteiger charge is -2.35. The zero-order valence-electron chi connectivity index (χ0n) is 9.80. The Labute approximate surface area is 104 Å². The van der Waals surface area contributed by atoms with Gasteiger partial charge in [0.2, 0.25) is 0 Å². The zero-order valence-corrected chi connectivity index (χ0v) is 11.6. The molecule has 0 saturated heterocycles. The summed E-state index contributed by atoms with van der Waals surface area (Å²) in [4.78, 5) is 0. The normalized spacial score (nSPS) is 19.6. The molecule has 0 saturated carbocycles. The Morgan fingerprint density at radius 1 is 1.13 bits per heavy atom.